The van der Waals surface area contributed by atoms with Gasteiger partial charge in [0, 0.05) is 0 Å². The van der Waals surface area contributed by atoms with Crippen LogP contribution in [0.4, 0.5) is 10.1 Å². The van der Waals surface area contributed by atoms with Crippen molar-refractivity contribution in [3.05, 3.63) is 23.5 Å². The van der Waals surface area contributed by atoms with Crippen LogP contribution in [0.1, 0.15) is 17.3 Å². The van der Waals surface area contributed by atoms with E-state index in [0.717, 1.165) is 6.07 Å². The van der Waals surface area contributed by atoms with E-state index in [-0.39, 0.29) is 23.6 Å². The lowest BCUT2D eigenvalue weighted by Gasteiger charge is -2.10. The molecule has 0 saturated carbocycles. The maximum atomic E-state index is 13.1. The zero-order valence-electron chi connectivity index (χ0n) is 8.54. The van der Waals surface area contributed by atoms with Crippen molar-refractivity contribution < 1.29 is 18.7 Å². The van der Waals surface area contributed by atoms with Crippen LogP contribution in [-0.2, 0) is 4.74 Å². The molecule has 0 aliphatic carbocycles. The van der Waals surface area contributed by atoms with Gasteiger partial charge in [0.15, 0.2) is 0 Å². The van der Waals surface area contributed by atoms with Crippen molar-refractivity contribution in [3.8, 4) is 5.75 Å². The summed E-state index contributed by atoms with van der Waals surface area (Å²) in [4.78, 5) is 11.4. The van der Waals surface area contributed by atoms with Crippen molar-refractivity contribution in [2.45, 2.75) is 6.92 Å². The number of benzene rings is 1. The average molecular weight is 213 g/mol. The van der Waals surface area contributed by atoms with E-state index in [1.807, 2.05) is 0 Å². The minimum absolute atomic E-state index is 0.0700. The Hall–Kier alpha value is -1.78. The Morgan fingerprint density at radius 2 is 2.20 bits per heavy atom. The van der Waals surface area contributed by atoms with Crippen LogP contribution in [0, 0.1) is 5.82 Å². The van der Waals surface area contributed by atoms with Gasteiger partial charge < -0.3 is 15.2 Å². The summed E-state index contributed by atoms with van der Waals surface area (Å²) in [6, 6.07) is 2.47. The molecule has 0 amide bonds. The Kier molecular flexibility index (Phi) is 3.49. The summed E-state index contributed by atoms with van der Waals surface area (Å²) in [5.41, 5.74) is 5.11. The van der Waals surface area contributed by atoms with E-state index in [2.05, 4.69) is 0 Å². The molecule has 0 fully saturated rings. The first kappa shape index (κ1) is 11.3. The lowest BCUT2D eigenvalue weighted by Crippen LogP contribution is -2.11. The topological polar surface area (TPSA) is 61.5 Å². The molecule has 0 heterocycles. The van der Waals surface area contributed by atoms with Gasteiger partial charge in [-0.15, -0.1) is 0 Å². The monoisotopic (exact) mass is 213 g/mol. The van der Waals surface area contributed by atoms with Crippen LogP contribution >= 0.6 is 0 Å². The van der Waals surface area contributed by atoms with Gasteiger partial charge in [-0.3, -0.25) is 0 Å². The molecule has 0 unspecified atom stereocenters. The predicted octanol–water partition coefficient (Wildman–Crippen LogP) is 1.59. The van der Waals surface area contributed by atoms with Crippen molar-refractivity contribution in [1.29, 1.82) is 0 Å². The van der Waals surface area contributed by atoms with Gasteiger partial charge in [-0.1, -0.05) is 0 Å². The van der Waals surface area contributed by atoms with Crippen molar-refractivity contribution in [3.63, 3.8) is 0 Å². The first-order valence-electron chi connectivity index (χ1n) is 4.40. The quantitative estimate of drug-likeness (QED) is 0.611. The van der Waals surface area contributed by atoms with Crippen LogP contribution in [0.15, 0.2) is 12.1 Å². The van der Waals surface area contributed by atoms with Gasteiger partial charge in [0.1, 0.15) is 17.1 Å². The SMILES string of the molecule is CCOC(=O)c1c(OC)ccc(F)c1N. The summed E-state index contributed by atoms with van der Waals surface area (Å²) >= 11 is 0. The molecule has 1 aromatic rings. The Bertz CT molecular complexity index is 379. The number of methoxy groups -OCH3 is 1. The fraction of sp³-hybridized carbons (Fsp3) is 0.300. The minimum Gasteiger partial charge on any atom is -0.496 e. The molecule has 0 bridgehead atoms. The Labute approximate surface area is 86.8 Å². The molecule has 1 rings (SSSR count). The van der Waals surface area contributed by atoms with Gasteiger partial charge in [-0.25, -0.2) is 9.18 Å². The molecular weight excluding hydrogens is 201 g/mol. The van der Waals surface area contributed by atoms with Crippen molar-refractivity contribution in [1.82, 2.24) is 0 Å². The summed E-state index contributed by atoms with van der Waals surface area (Å²) in [5, 5.41) is 0. The van der Waals surface area contributed by atoms with Gasteiger partial charge in [-0.2, -0.15) is 0 Å². The molecule has 1 aromatic carbocycles. The second-order valence-corrected chi connectivity index (χ2v) is 2.76. The van der Waals surface area contributed by atoms with Gasteiger partial charge >= 0.3 is 5.97 Å². The number of hydrogen-bond acceptors (Lipinski definition) is 4. The van der Waals surface area contributed by atoms with Crippen LogP contribution in [0.5, 0.6) is 5.75 Å². The molecule has 0 aliphatic rings. The molecule has 0 aromatic heterocycles. The molecule has 5 heteroatoms. The molecule has 15 heavy (non-hydrogen) atoms. The molecule has 0 spiro atoms. The number of ether oxygens (including phenoxy) is 2. The molecule has 82 valence electrons. The van der Waals surface area contributed by atoms with Crippen LogP contribution in [0.3, 0.4) is 0 Å². The van der Waals surface area contributed by atoms with E-state index >= 15 is 0 Å². The molecular formula is C10H12FNO3. The van der Waals surface area contributed by atoms with Crippen LogP contribution in [0.25, 0.3) is 0 Å². The summed E-state index contributed by atoms with van der Waals surface area (Å²) in [6.07, 6.45) is 0. The zero-order chi connectivity index (χ0) is 11.4. The number of carbonyl (C=O) groups excluding carboxylic acids is 1. The summed E-state index contributed by atoms with van der Waals surface area (Å²) in [6.45, 7) is 1.85. The third-order valence-electron chi connectivity index (χ3n) is 1.85. The highest BCUT2D eigenvalue weighted by Gasteiger charge is 2.19. The van der Waals surface area contributed by atoms with E-state index in [1.165, 1.54) is 13.2 Å². The molecule has 4 nitrogen and oxygen atoms in total. The lowest BCUT2D eigenvalue weighted by molar-refractivity contribution is 0.0523. The highest BCUT2D eigenvalue weighted by molar-refractivity contribution is 5.98. The summed E-state index contributed by atoms with van der Waals surface area (Å²) in [5.74, 6) is -1.16. The normalized spacial score (nSPS) is 9.80. The van der Waals surface area contributed by atoms with Gasteiger partial charge in [0.25, 0.3) is 0 Å². The summed E-state index contributed by atoms with van der Waals surface area (Å²) < 4.78 is 22.7. The Morgan fingerprint density at radius 3 is 2.73 bits per heavy atom. The largest absolute Gasteiger partial charge is 0.496 e. The summed E-state index contributed by atoms with van der Waals surface area (Å²) in [7, 11) is 1.37. The smallest absolute Gasteiger partial charge is 0.344 e. The number of halogens is 1. The van der Waals surface area contributed by atoms with Crippen LogP contribution in [0.2, 0.25) is 0 Å². The fourth-order valence-corrected chi connectivity index (χ4v) is 1.16. The van der Waals surface area contributed by atoms with Crippen molar-refractivity contribution >= 4 is 11.7 Å². The lowest BCUT2D eigenvalue weighted by atomic mass is 10.1. The molecule has 0 atom stereocenters. The number of anilines is 1. The average Bonchev–Trinajstić information content (AvgIpc) is 2.22. The Balaban J connectivity index is 3.23. The molecule has 0 aliphatic heterocycles. The number of rotatable bonds is 3. The Morgan fingerprint density at radius 1 is 1.53 bits per heavy atom. The maximum Gasteiger partial charge on any atom is 0.344 e. The first-order valence-corrected chi connectivity index (χ1v) is 4.40. The number of esters is 1. The van der Waals surface area contributed by atoms with E-state index < -0.39 is 11.8 Å². The standard InChI is InChI=1S/C10H12FNO3/c1-3-15-10(13)8-7(14-2)5-4-6(11)9(8)12/h4-5H,3,12H2,1-2H3. The number of nitrogens with two attached hydrogens (primary N) is 1. The number of nitrogen functional groups attached to an aromatic ring is 1. The molecule has 2 N–H and O–H groups in total. The van der Waals surface area contributed by atoms with Crippen LogP contribution in [-0.4, -0.2) is 19.7 Å². The van der Waals surface area contributed by atoms with Crippen molar-refractivity contribution in [2.24, 2.45) is 0 Å². The second kappa shape index (κ2) is 4.63. The van der Waals surface area contributed by atoms with Gasteiger partial charge in [-0.05, 0) is 19.1 Å². The number of carbonyl (C=O) groups is 1. The first-order chi connectivity index (χ1) is 7.11. The van der Waals surface area contributed by atoms with E-state index in [4.69, 9.17) is 15.2 Å². The predicted molar refractivity (Wildman–Crippen MR) is 53.3 cm³/mol. The zero-order valence-corrected chi connectivity index (χ0v) is 8.54. The van der Waals surface area contributed by atoms with E-state index in [1.54, 1.807) is 6.92 Å². The number of hydrogen-bond donors (Lipinski definition) is 1. The highest BCUT2D eigenvalue weighted by Crippen LogP contribution is 2.27. The molecule has 0 saturated heterocycles. The van der Waals surface area contributed by atoms with Gasteiger partial charge in [0.2, 0.25) is 0 Å². The third-order valence-corrected chi connectivity index (χ3v) is 1.85. The highest BCUT2D eigenvalue weighted by atomic mass is 19.1. The second-order valence-electron chi connectivity index (χ2n) is 2.76. The molecule has 0 radical (unpaired) electrons. The van der Waals surface area contributed by atoms with E-state index in [0.29, 0.717) is 0 Å². The minimum atomic E-state index is -0.689. The fourth-order valence-electron chi connectivity index (χ4n) is 1.16. The van der Waals surface area contributed by atoms with E-state index in [9.17, 15) is 9.18 Å². The van der Waals surface area contributed by atoms with Gasteiger partial charge in [0.05, 0.1) is 19.4 Å². The van der Waals surface area contributed by atoms with Crippen LogP contribution < -0.4 is 10.5 Å². The third kappa shape index (κ3) is 2.18. The van der Waals surface area contributed by atoms with Crippen molar-refractivity contribution in [2.75, 3.05) is 19.5 Å². The maximum absolute atomic E-state index is 13.1.